The summed E-state index contributed by atoms with van der Waals surface area (Å²) in [4.78, 5) is 15.0. The predicted octanol–water partition coefficient (Wildman–Crippen LogP) is 3.09. The average molecular weight is 276 g/mol. The highest BCUT2D eigenvalue weighted by Gasteiger charge is 2.46. The van der Waals surface area contributed by atoms with Crippen molar-refractivity contribution in [2.75, 3.05) is 0 Å². The molecule has 3 unspecified atom stereocenters. The molecule has 2 nitrogen and oxygen atoms in total. The van der Waals surface area contributed by atoms with Gasteiger partial charge in [0.15, 0.2) is 0 Å². The highest BCUT2D eigenvalue weighted by molar-refractivity contribution is 6.20. The number of hydrogen-bond acceptors (Lipinski definition) is 1. The van der Waals surface area contributed by atoms with Crippen molar-refractivity contribution in [2.45, 2.75) is 55.5 Å². The number of amides is 1. The molecule has 2 fully saturated rings. The van der Waals surface area contributed by atoms with Crippen LogP contribution in [0.3, 0.4) is 0 Å². The average Bonchev–Trinajstić information content (AvgIpc) is 2.63. The third kappa shape index (κ3) is 1.73. The van der Waals surface area contributed by atoms with Crippen LogP contribution in [0.2, 0.25) is 0 Å². The molecule has 2 bridgehead atoms. The van der Waals surface area contributed by atoms with E-state index in [-0.39, 0.29) is 11.3 Å². The van der Waals surface area contributed by atoms with Crippen LogP contribution in [-0.4, -0.2) is 28.3 Å². The van der Waals surface area contributed by atoms with Gasteiger partial charge in [-0.05, 0) is 43.2 Å². The predicted molar refractivity (Wildman–Crippen MR) is 75.4 cm³/mol. The summed E-state index contributed by atoms with van der Waals surface area (Å²) < 4.78 is 0. The second kappa shape index (κ2) is 4.24. The van der Waals surface area contributed by atoms with Crippen LogP contribution >= 0.6 is 11.6 Å². The maximum atomic E-state index is 12.8. The van der Waals surface area contributed by atoms with E-state index in [9.17, 15) is 4.79 Å². The molecular formula is C16H18ClNO. The summed E-state index contributed by atoms with van der Waals surface area (Å²) >= 11 is 6.29. The molecule has 1 aromatic rings. The smallest absolute Gasteiger partial charge is 0.230 e. The number of rotatable bonds is 1. The molecule has 3 aliphatic rings. The molecule has 3 atom stereocenters. The molecular weight excluding hydrogens is 258 g/mol. The van der Waals surface area contributed by atoms with E-state index in [1.54, 1.807) is 0 Å². The van der Waals surface area contributed by atoms with Crippen LogP contribution in [0.15, 0.2) is 24.3 Å². The molecule has 1 amide bonds. The lowest BCUT2D eigenvalue weighted by Crippen LogP contribution is -2.50. The number of halogens is 1. The standard InChI is InChI=1S/C16H18ClNO/c17-11-8-12-5-6-13(9-11)18(12)16(19)15-7-10-3-1-2-4-14(10)15/h1-4,11-13,15H,5-9H2. The van der Waals surface area contributed by atoms with E-state index in [1.165, 1.54) is 11.1 Å². The number of carbonyl (C=O) groups excluding carboxylic acids is 1. The number of benzene rings is 1. The molecule has 0 N–H and O–H groups in total. The van der Waals surface area contributed by atoms with Crippen molar-refractivity contribution < 1.29 is 4.79 Å². The fourth-order valence-corrected chi connectivity index (χ4v) is 4.54. The minimum atomic E-state index is 0.117. The van der Waals surface area contributed by atoms with Crippen LogP contribution in [0.5, 0.6) is 0 Å². The molecule has 4 rings (SSSR count). The topological polar surface area (TPSA) is 20.3 Å². The summed E-state index contributed by atoms with van der Waals surface area (Å²) in [6.07, 6.45) is 5.19. The van der Waals surface area contributed by atoms with E-state index in [1.807, 2.05) is 6.07 Å². The Hall–Kier alpha value is -1.02. The Kier molecular flexibility index (Phi) is 2.63. The summed E-state index contributed by atoms with van der Waals surface area (Å²) in [6, 6.07) is 9.15. The van der Waals surface area contributed by atoms with Crippen LogP contribution in [0, 0.1) is 0 Å². The van der Waals surface area contributed by atoms with E-state index >= 15 is 0 Å². The molecule has 2 aliphatic heterocycles. The zero-order valence-corrected chi connectivity index (χ0v) is 11.6. The molecule has 100 valence electrons. The Morgan fingerprint density at radius 2 is 1.84 bits per heavy atom. The van der Waals surface area contributed by atoms with Gasteiger partial charge in [0.2, 0.25) is 5.91 Å². The normalized spacial score (nSPS) is 35.7. The lowest BCUT2D eigenvalue weighted by molar-refractivity contribution is -0.137. The first-order valence-corrected chi connectivity index (χ1v) is 7.71. The fourth-order valence-electron chi connectivity index (χ4n) is 4.13. The summed E-state index contributed by atoms with van der Waals surface area (Å²) in [7, 11) is 0. The maximum Gasteiger partial charge on any atom is 0.230 e. The van der Waals surface area contributed by atoms with Crippen LogP contribution in [0.1, 0.15) is 42.7 Å². The van der Waals surface area contributed by atoms with Crippen molar-refractivity contribution >= 4 is 17.5 Å². The van der Waals surface area contributed by atoms with Gasteiger partial charge in [0.25, 0.3) is 0 Å². The molecule has 0 radical (unpaired) electrons. The van der Waals surface area contributed by atoms with Gasteiger partial charge in [-0.25, -0.2) is 0 Å². The minimum absolute atomic E-state index is 0.117. The molecule has 19 heavy (non-hydrogen) atoms. The molecule has 0 aromatic heterocycles. The van der Waals surface area contributed by atoms with Crippen molar-refractivity contribution in [3.05, 3.63) is 35.4 Å². The van der Waals surface area contributed by atoms with Gasteiger partial charge in [0.1, 0.15) is 0 Å². The molecule has 1 aromatic carbocycles. The first-order valence-electron chi connectivity index (χ1n) is 7.28. The highest BCUT2D eigenvalue weighted by Crippen LogP contribution is 2.43. The molecule has 2 saturated heterocycles. The van der Waals surface area contributed by atoms with Crippen LogP contribution in [0.25, 0.3) is 0 Å². The second-order valence-corrected chi connectivity index (χ2v) is 6.77. The summed E-state index contributed by atoms with van der Waals surface area (Å²) in [6.45, 7) is 0. The SMILES string of the molecule is O=C(C1Cc2ccccc21)N1C2CCC1CC(Cl)C2. The van der Waals surface area contributed by atoms with Crippen molar-refractivity contribution in [2.24, 2.45) is 0 Å². The first-order chi connectivity index (χ1) is 9.24. The van der Waals surface area contributed by atoms with Gasteiger partial charge in [-0.15, -0.1) is 11.6 Å². The molecule has 2 heterocycles. The van der Waals surface area contributed by atoms with E-state index in [0.29, 0.717) is 18.0 Å². The first kappa shape index (κ1) is 11.8. The Labute approximate surface area is 118 Å². The summed E-state index contributed by atoms with van der Waals surface area (Å²) in [5.41, 5.74) is 2.60. The van der Waals surface area contributed by atoms with Crippen LogP contribution in [-0.2, 0) is 11.2 Å². The maximum absolute atomic E-state index is 12.8. The highest BCUT2D eigenvalue weighted by atomic mass is 35.5. The third-order valence-corrected chi connectivity index (χ3v) is 5.44. The van der Waals surface area contributed by atoms with Gasteiger partial charge in [0, 0.05) is 17.5 Å². The van der Waals surface area contributed by atoms with Gasteiger partial charge in [-0.2, -0.15) is 0 Å². The quantitative estimate of drug-likeness (QED) is 0.721. The van der Waals surface area contributed by atoms with E-state index in [4.69, 9.17) is 11.6 Å². The monoisotopic (exact) mass is 275 g/mol. The number of hydrogen-bond donors (Lipinski definition) is 0. The third-order valence-electron chi connectivity index (χ3n) is 5.08. The molecule has 1 aliphatic carbocycles. The Morgan fingerprint density at radius 3 is 2.53 bits per heavy atom. The van der Waals surface area contributed by atoms with Crippen molar-refractivity contribution in [1.29, 1.82) is 0 Å². The van der Waals surface area contributed by atoms with Crippen molar-refractivity contribution in [1.82, 2.24) is 4.90 Å². The second-order valence-electron chi connectivity index (χ2n) is 6.15. The van der Waals surface area contributed by atoms with Gasteiger partial charge < -0.3 is 4.90 Å². The number of nitrogens with zero attached hydrogens (tertiary/aromatic N) is 1. The Bertz CT molecular complexity index is 515. The van der Waals surface area contributed by atoms with Gasteiger partial charge in [-0.1, -0.05) is 24.3 Å². The van der Waals surface area contributed by atoms with E-state index in [2.05, 4.69) is 23.1 Å². The Morgan fingerprint density at radius 1 is 1.16 bits per heavy atom. The largest absolute Gasteiger partial charge is 0.336 e. The minimum Gasteiger partial charge on any atom is -0.336 e. The van der Waals surface area contributed by atoms with E-state index in [0.717, 1.165) is 32.1 Å². The zero-order chi connectivity index (χ0) is 13.0. The fraction of sp³-hybridized carbons (Fsp3) is 0.562. The van der Waals surface area contributed by atoms with Crippen molar-refractivity contribution in [3.8, 4) is 0 Å². The lowest BCUT2D eigenvalue weighted by atomic mass is 9.76. The number of carbonyl (C=O) groups is 1. The molecule has 3 heteroatoms. The van der Waals surface area contributed by atoms with Gasteiger partial charge in [-0.3, -0.25) is 4.79 Å². The molecule has 0 saturated carbocycles. The summed E-state index contributed by atoms with van der Waals surface area (Å²) in [5.74, 6) is 0.473. The lowest BCUT2D eigenvalue weighted by Gasteiger charge is -2.41. The Balaban J connectivity index is 1.57. The molecule has 0 spiro atoms. The van der Waals surface area contributed by atoms with E-state index < -0.39 is 0 Å². The van der Waals surface area contributed by atoms with Crippen LogP contribution in [0.4, 0.5) is 0 Å². The van der Waals surface area contributed by atoms with Crippen LogP contribution < -0.4 is 0 Å². The number of fused-ring (bicyclic) bond motifs is 3. The van der Waals surface area contributed by atoms with Gasteiger partial charge in [0.05, 0.1) is 5.92 Å². The van der Waals surface area contributed by atoms with Gasteiger partial charge >= 0.3 is 0 Å². The summed E-state index contributed by atoms with van der Waals surface area (Å²) in [5, 5.41) is 0.273. The van der Waals surface area contributed by atoms with Crippen molar-refractivity contribution in [3.63, 3.8) is 0 Å². The number of piperidine rings is 1. The zero-order valence-electron chi connectivity index (χ0n) is 10.9. The number of alkyl halides is 1.